The number of nitrogens with one attached hydrogen (secondary N) is 3. The Labute approximate surface area is 165 Å². The van der Waals surface area contributed by atoms with Gasteiger partial charge in [-0.25, -0.2) is 4.98 Å². The Balaban J connectivity index is 1.50. The lowest BCUT2D eigenvalue weighted by Gasteiger charge is -2.15. The maximum atomic E-state index is 5.99. The largest absolute Gasteiger partial charge is 0.492 e. The van der Waals surface area contributed by atoms with Crippen molar-refractivity contribution >= 4 is 23.0 Å². The summed E-state index contributed by atoms with van der Waals surface area (Å²) < 4.78 is 5.99. The smallest absolute Gasteiger partial charge is 0.229 e. The van der Waals surface area contributed by atoms with E-state index in [1.165, 1.54) is 29.5 Å². The Morgan fingerprint density at radius 2 is 2.07 bits per heavy atom. The monoisotopic (exact) mass is 377 g/mol. The topological polar surface area (TPSA) is 71.1 Å². The molecule has 6 nitrogen and oxygen atoms in total. The summed E-state index contributed by atoms with van der Waals surface area (Å²) in [7, 11) is 1.90. The molecular formula is C22H27N5O. The van der Waals surface area contributed by atoms with Gasteiger partial charge >= 0.3 is 0 Å². The molecule has 2 aliphatic heterocycles. The molecule has 1 saturated carbocycles. The summed E-state index contributed by atoms with van der Waals surface area (Å²) in [5.74, 6) is 3.17. The maximum absolute atomic E-state index is 5.99. The summed E-state index contributed by atoms with van der Waals surface area (Å²) >= 11 is 0. The molecule has 1 aliphatic carbocycles. The van der Waals surface area contributed by atoms with E-state index in [9.17, 15) is 0 Å². The van der Waals surface area contributed by atoms with Gasteiger partial charge in [0.15, 0.2) is 0 Å². The van der Waals surface area contributed by atoms with Gasteiger partial charge in [-0.05, 0) is 49.9 Å². The number of nitrogens with zero attached hydrogens (tertiary/aromatic N) is 2. The maximum Gasteiger partial charge on any atom is 0.229 e. The molecule has 0 unspecified atom stereocenters. The number of hydrogen-bond donors (Lipinski definition) is 3. The third-order valence-corrected chi connectivity index (χ3v) is 5.68. The van der Waals surface area contributed by atoms with Gasteiger partial charge < -0.3 is 20.7 Å². The fourth-order valence-corrected chi connectivity index (χ4v) is 4.03. The van der Waals surface area contributed by atoms with Crippen molar-refractivity contribution in [2.75, 3.05) is 37.4 Å². The fraction of sp³-hybridized carbons (Fsp3) is 0.455. The van der Waals surface area contributed by atoms with E-state index in [4.69, 9.17) is 9.72 Å². The zero-order chi connectivity index (χ0) is 18.9. The van der Waals surface area contributed by atoms with Gasteiger partial charge in [-0.2, -0.15) is 4.98 Å². The van der Waals surface area contributed by atoms with Crippen LogP contribution >= 0.6 is 0 Å². The molecule has 0 amide bonds. The van der Waals surface area contributed by atoms with Crippen molar-refractivity contribution in [3.05, 3.63) is 41.1 Å². The molecule has 0 radical (unpaired) electrons. The van der Waals surface area contributed by atoms with E-state index in [2.05, 4.69) is 45.2 Å². The standard InChI is InChI=1S/C22H27N5O/c1-23-20-13-19(15-4-5-15)26-22(27-20)25-17-11-16-7-10-28-21(16)18(12-17)14-3-2-8-24-9-6-14/h6,11-13,15,24H,2-5,7-10H2,1H3,(H2,23,25,26,27). The van der Waals surface area contributed by atoms with Crippen LogP contribution in [0.5, 0.6) is 5.75 Å². The second kappa shape index (κ2) is 7.43. The van der Waals surface area contributed by atoms with Gasteiger partial charge in [-0.3, -0.25) is 0 Å². The molecule has 2 aromatic rings. The van der Waals surface area contributed by atoms with E-state index in [0.717, 1.165) is 61.9 Å². The van der Waals surface area contributed by atoms with Gasteiger partial charge in [-0.1, -0.05) is 6.08 Å². The summed E-state index contributed by atoms with van der Waals surface area (Å²) in [6.45, 7) is 2.74. The van der Waals surface area contributed by atoms with E-state index in [-0.39, 0.29) is 0 Å². The van der Waals surface area contributed by atoms with E-state index in [1.54, 1.807) is 0 Å². The van der Waals surface area contributed by atoms with Gasteiger partial charge in [0, 0.05) is 48.8 Å². The summed E-state index contributed by atoms with van der Waals surface area (Å²) in [5.41, 5.74) is 6.02. The fourth-order valence-electron chi connectivity index (χ4n) is 4.03. The SMILES string of the molecule is CNc1cc(C2CC2)nc(Nc2cc3c(c(C4=CCNCCC4)c2)OCC3)n1. The summed E-state index contributed by atoms with van der Waals surface area (Å²) in [6.07, 6.45) is 7.93. The van der Waals surface area contributed by atoms with Crippen LogP contribution in [0.4, 0.5) is 17.5 Å². The zero-order valence-electron chi connectivity index (χ0n) is 16.3. The van der Waals surface area contributed by atoms with Gasteiger partial charge in [-0.15, -0.1) is 0 Å². The number of allylic oxidation sites excluding steroid dienone is 1. The number of benzene rings is 1. The van der Waals surface area contributed by atoms with Crippen LogP contribution in [0.1, 0.15) is 48.4 Å². The minimum absolute atomic E-state index is 0.586. The Morgan fingerprint density at radius 3 is 2.93 bits per heavy atom. The van der Waals surface area contributed by atoms with Crippen LogP contribution in [0, 0.1) is 0 Å². The second-order valence-corrected chi connectivity index (χ2v) is 7.80. The number of hydrogen-bond acceptors (Lipinski definition) is 6. The first-order chi connectivity index (χ1) is 13.8. The van der Waals surface area contributed by atoms with Crippen LogP contribution in [0.15, 0.2) is 24.3 Å². The average Bonchev–Trinajstić information content (AvgIpc) is 3.50. The average molecular weight is 377 g/mol. The van der Waals surface area contributed by atoms with Crippen LogP contribution in [-0.4, -0.2) is 36.7 Å². The summed E-state index contributed by atoms with van der Waals surface area (Å²) in [4.78, 5) is 9.39. The van der Waals surface area contributed by atoms with Crippen molar-refractivity contribution in [1.29, 1.82) is 0 Å². The molecule has 0 saturated heterocycles. The van der Waals surface area contributed by atoms with E-state index in [1.807, 2.05) is 7.05 Å². The molecule has 3 aliphatic rings. The highest BCUT2D eigenvalue weighted by molar-refractivity contribution is 5.77. The van der Waals surface area contributed by atoms with Crippen molar-refractivity contribution in [2.45, 2.75) is 38.0 Å². The second-order valence-electron chi connectivity index (χ2n) is 7.80. The molecule has 28 heavy (non-hydrogen) atoms. The Bertz CT molecular complexity index is 919. The molecule has 0 atom stereocenters. The minimum atomic E-state index is 0.586. The molecular weight excluding hydrogens is 350 g/mol. The highest BCUT2D eigenvalue weighted by Crippen LogP contribution is 2.41. The quantitative estimate of drug-likeness (QED) is 0.735. The molecule has 1 fully saturated rings. The Morgan fingerprint density at radius 1 is 1.14 bits per heavy atom. The lowest BCUT2D eigenvalue weighted by atomic mass is 9.97. The molecule has 3 N–H and O–H groups in total. The molecule has 5 rings (SSSR count). The normalized spacial score (nSPS) is 18.7. The predicted octanol–water partition coefficient (Wildman–Crippen LogP) is 3.84. The molecule has 146 valence electrons. The first-order valence-corrected chi connectivity index (χ1v) is 10.3. The molecule has 1 aromatic carbocycles. The first kappa shape index (κ1) is 17.5. The Hall–Kier alpha value is -2.60. The van der Waals surface area contributed by atoms with Crippen LogP contribution in [0.2, 0.25) is 0 Å². The summed E-state index contributed by atoms with van der Waals surface area (Å²) in [6, 6.07) is 6.45. The van der Waals surface area contributed by atoms with Crippen molar-refractivity contribution < 1.29 is 4.74 Å². The molecule has 0 spiro atoms. The highest BCUT2D eigenvalue weighted by Gasteiger charge is 2.26. The number of anilines is 3. The van der Waals surface area contributed by atoms with Crippen LogP contribution in [-0.2, 0) is 6.42 Å². The first-order valence-electron chi connectivity index (χ1n) is 10.3. The van der Waals surface area contributed by atoms with Gasteiger partial charge in [0.2, 0.25) is 5.95 Å². The number of aromatic nitrogens is 2. The third kappa shape index (κ3) is 3.56. The molecule has 0 bridgehead atoms. The van der Waals surface area contributed by atoms with Crippen molar-refractivity contribution in [3.8, 4) is 5.75 Å². The lowest BCUT2D eigenvalue weighted by molar-refractivity contribution is 0.356. The van der Waals surface area contributed by atoms with E-state index >= 15 is 0 Å². The van der Waals surface area contributed by atoms with Gasteiger partial charge in [0.1, 0.15) is 11.6 Å². The highest BCUT2D eigenvalue weighted by atomic mass is 16.5. The van der Waals surface area contributed by atoms with Gasteiger partial charge in [0.05, 0.1) is 12.3 Å². The number of fused-ring (bicyclic) bond motifs is 1. The number of ether oxygens (including phenoxy) is 1. The Kier molecular flexibility index (Phi) is 4.64. The lowest BCUT2D eigenvalue weighted by Crippen LogP contribution is -2.12. The van der Waals surface area contributed by atoms with Crippen LogP contribution in [0.25, 0.3) is 5.57 Å². The zero-order valence-corrected chi connectivity index (χ0v) is 16.3. The van der Waals surface area contributed by atoms with Crippen molar-refractivity contribution in [3.63, 3.8) is 0 Å². The third-order valence-electron chi connectivity index (χ3n) is 5.68. The molecule has 1 aromatic heterocycles. The molecule has 6 heteroatoms. The van der Waals surface area contributed by atoms with E-state index in [0.29, 0.717) is 11.9 Å². The van der Waals surface area contributed by atoms with Crippen LogP contribution in [0.3, 0.4) is 0 Å². The molecule has 3 heterocycles. The van der Waals surface area contributed by atoms with Crippen molar-refractivity contribution in [1.82, 2.24) is 15.3 Å². The summed E-state index contributed by atoms with van der Waals surface area (Å²) in [5, 5.41) is 10.1. The van der Waals surface area contributed by atoms with E-state index < -0.39 is 0 Å². The van der Waals surface area contributed by atoms with Crippen LogP contribution < -0.4 is 20.7 Å². The predicted molar refractivity (Wildman–Crippen MR) is 113 cm³/mol. The minimum Gasteiger partial charge on any atom is -0.492 e. The number of rotatable bonds is 5. The van der Waals surface area contributed by atoms with Crippen molar-refractivity contribution in [2.24, 2.45) is 0 Å². The van der Waals surface area contributed by atoms with Gasteiger partial charge in [0.25, 0.3) is 0 Å².